The van der Waals surface area contributed by atoms with Gasteiger partial charge in [0.2, 0.25) is 0 Å². The van der Waals surface area contributed by atoms with Gasteiger partial charge in [-0.3, -0.25) is 0 Å². The van der Waals surface area contributed by atoms with E-state index in [9.17, 15) is 0 Å². The van der Waals surface area contributed by atoms with Crippen molar-refractivity contribution in [3.8, 4) is 5.75 Å². The standard InChI is InChI=1S/C13H9Cl2O/c14-11-7-6-10(13(15)8-11)9-16-12-4-2-1-3-5-12/h1-4,6-8H,9H2. The van der Waals surface area contributed by atoms with Crippen LogP contribution in [0.15, 0.2) is 42.5 Å². The summed E-state index contributed by atoms with van der Waals surface area (Å²) in [5, 5.41) is 1.24. The molecule has 0 N–H and O–H groups in total. The lowest BCUT2D eigenvalue weighted by atomic mass is 10.2. The summed E-state index contributed by atoms with van der Waals surface area (Å²) in [6, 6.07) is 15.8. The smallest absolute Gasteiger partial charge is 0.127 e. The molecule has 0 fully saturated rings. The fraction of sp³-hybridized carbons (Fsp3) is 0.0769. The number of hydrogen-bond acceptors (Lipinski definition) is 1. The van der Waals surface area contributed by atoms with Gasteiger partial charge in [0.1, 0.15) is 12.4 Å². The van der Waals surface area contributed by atoms with Gasteiger partial charge < -0.3 is 4.74 Å². The van der Waals surface area contributed by atoms with Crippen molar-refractivity contribution in [1.29, 1.82) is 0 Å². The molecule has 2 rings (SSSR count). The van der Waals surface area contributed by atoms with Crippen LogP contribution in [0.1, 0.15) is 5.56 Å². The summed E-state index contributed by atoms with van der Waals surface area (Å²) in [4.78, 5) is 0. The third-order valence-corrected chi connectivity index (χ3v) is 2.67. The first kappa shape index (κ1) is 11.3. The lowest BCUT2D eigenvalue weighted by Crippen LogP contribution is -1.96. The Morgan fingerprint density at radius 2 is 2.00 bits per heavy atom. The van der Waals surface area contributed by atoms with Gasteiger partial charge in [0, 0.05) is 21.7 Å². The van der Waals surface area contributed by atoms with Gasteiger partial charge in [-0.1, -0.05) is 47.5 Å². The molecule has 1 nitrogen and oxygen atoms in total. The highest BCUT2D eigenvalue weighted by molar-refractivity contribution is 6.35. The van der Waals surface area contributed by atoms with Gasteiger partial charge in [-0.25, -0.2) is 0 Å². The molecule has 0 spiro atoms. The van der Waals surface area contributed by atoms with Gasteiger partial charge in [-0.05, 0) is 18.2 Å². The van der Waals surface area contributed by atoms with E-state index in [-0.39, 0.29) is 0 Å². The molecule has 2 aromatic rings. The van der Waals surface area contributed by atoms with E-state index in [1.807, 2.05) is 24.3 Å². The maximum atomic E-state index is 6.02. The molecule has 3 heteroatoms. The molecule has 16 heavy (non-hydrogen) atoms. The molecule has 0 saturated heterocycles. The minimum atomic E-state index is 0.413. The van der Waals surface area contributed by atoms with E-state index in [1.165, 1.54) is 0 Å². The Labute approximate surface area is 105 Å². The molecule has 0 aromatic heterocycles. The molecule has 0 aliphatic rings. The Bertz CT molecular complexity index is 469. The molecular weight excluding hydrogens is 243 g/mol. The molecule has 2 aromatic carbocycles. The van der Waals surface area contributed by atoms with Crippen LogP contribution in [0.2, 0.25) is 10.0 Å². The quantitative estimate of drug-likeness (QED) is 0.787. The van der Waals surface area contributed by atoms with Gasteiger partial charge in [0.25, 0.3) is 0 Å². The number of hydrogen-bond donors (Lipinski definition) is 0. The minimum Gasteiger partial charge on any atom is -0.488 e. The number of benzene rings is 2. The molecule has 0 atom stereocenters. The SMILES string of the molecule is Clc1ccc(COc2[c]cccc2)c(Cl)c1. The number of rotatable bonds is 3. The van der Waals surface area contributed by atoms with Crippen molar-refractivity contribution in [2.24, 2.45) is 0 Å². The van der Waals surface area contributed by atoms with Gasteiger partial charge in [-0.2, -0.15) is 0 Å². The Hall–Kier alpha value is -1.18. The van der Waals surface area contributed by atoms with Crippen LogP contribution in [-0.2, 0) is 6.61 Å². The first-order chi connectivity index (χ1) is 7.75. The first-order valence-corrected chi connectivity index (χ1v) is 5.55. The zero-order valence-corrected chi connectivity index (χ0v) is 9.92. The fourth-order valence-corrected chi connectivity index (χ4v) is 1.72. The Morgan fingerprint density at radius 3 is 2.69 bits per heavy atom. The lowest BCUT2D eigenvalue weighted by molar-refractivity contribution is 0.305. The Balaban J connectivity index is 2.05. The molecule has 0 aliphatic carbocycles. The van der Waals surface area contributed by atoms with Crippen LogP contribution in [0, 0.1) is 6.07 Å². The molecular formula is C13H9Cl2O. The average molecular weight is 252 g/mol. The molecule has 0 aliphatic heterocycles. The predicted molar refractivity (Wildman–Crippen MR) is 66.1 cm³/mol. The number of ether oxygens (including phenoxy) is 1. The third-order valence-electron chi connectivity index (χ3n) is 2.08. The van der Waals surface area contributed by atoms with E-state index >= 15 is 0 Å². The van der Waals surface area contributed by atoms with Crippen LogP contribution in [0.5, 0.6) is 5.75 Å². The maximum Gasteiger partial charge on any atom is 0.127 e. The van der Waals surface area contributed by atoms with Crippen LogP contribution < -0.4 is 4.74 Å². The number of halogens is 2. The minimum absolute atomic E-state index is 0.413. The lowest BCUT2D eigenvalue weighted by Gasteiger charge is -2.07. The van der Waals surface area contributed by atoms with E-state index in [0.29, 0.717) is 22.4 Å². The highest BCUT2D eigenvalue weighted by atomic mass is 35.5. The van der Waals surface area contributed by atoms with Gasteiger partial charge in [0.05, 0.1) is 0 Å². The monoisotopic (exact) mass is 251 g/mol. The van der Waals surface area contributed by atoms with E-state index in [0.717, 1.165) is 5.56 Å². The molecule has 81 valence electrons. The molecule has 0 bridgehead atoms. The normalized spacial score (nSPS) is 10.1. The van der Waals surface area contributed by atoms with Gasteiger partial charge in [0.15, 0.2) is 0 Å². The summed E-state index contributed by atoms with van der Waals surface area (Å²) < 4.78 is 5.53. The zero-order valence-electron chi connectivity index (χ0n) is 8.41. The summed E-state index contributed by atoms with van der Waals surface area (Å²) >= 11 is 11.8. The van der Waals surface area contributed by atoms with Gasteiger partial charge >= 0.3 is 0 Å². The van der Waals surface area contributed by atoms with Crippen LogP contribution >= 0.6 is 23.2 Å². The largest absolute Gasteiger partial charge is 0.488 e. The van der Waals surface area contributed by atoms with Crippen molar-refractivity contribution in [3.63, 3.8) is 0 Å². The van der Waals surface area contributed by atoms with Crippen LogP contribution in [0.4, 0.5) is 0 Å². The van der Waals surface area contributed by atoms with E-state index in [4.69, 9.17) is 27.9 Å². The Kier molecular flexibility index (Phi) is 3.70. The second-order valence-corrected chi connectivity index (χ2v) is 4.09. The van der Waals surface area contributed by atoms with Crippen LogP contribution in [0.25, 0.3) is 0 Å². The van der Waals surface area contributed by atoms with E-state index in [2.05, 4.69) is 6.07 Å². The summed E-state index contributed by atoms with van der Waals surface area (Å²) in [6.45, 7) is 0.413. The molecule has 0 unspecified atom stereocenters. The van der Waals surface area contributed by atoms with Crippen molar-refractivity contribution < 1.29 is 4.74 Å². The molecule has 0 heterocycles. The van der Waals surface area contributed by atoms with Crippen LogP contribution in [0.3, 0.4) is 0 Å². The molecule has 1 radical (unpaired) electrons. The van der Waals surface area contributed by atoms with Crippen molar-refractivity contribution in [2.45, 2.75) is 6.61 Å². The van der Waals surface area contributed by atoms with Gasteiger partial charge in [-0.15, -0.1) is 0 Å². The fourth-order valence-electron chi connectivity index (χ4n) is 1.26. The number of para-hydroxylation sites is 1. The van der Waals surface area contributed by atoms with Crippen molar-refractivity contribution in [2.75, 3.05) is 0 Å². The maximum absolute atomic E-state index is 6.02. The molecule has 0 saturated carbocycles. The highest BCUT2D eigenvalue weighted by Crippen LogP contribution is 2.22. The van der Waals surface area contributed by atoms with Crippen molar-refractivity contribution >= 4 is 23.2 Å². The summed E-state index contributed by atoms with van der Waals surface area (Å²) in [6.07, 6.45) is 0. The summed E-state index contributed by atoms with van der Waals surface area (Å²) in [7, 11) is 0. The Morgan fingerprint density at radius 1 is 1.12 bits per heavy atom. The van der Waals surface area contributed by atoms with Crippen molar-refractivity contribution in [3.05, 3.63) is 64.1 Å². The van der Waals surface area contributed by atoms with E-state index in [1.54, 1.807) is 18.2 Å². The predicted octanol–water partition coefficient (Wildman–Crippen LogP) is 4.37. The second kappa shape index (κ2) is 5.24. The molecule has 0 amide bonds. The van der Waals surface area contributed by atoms with Crippen molar-refractivity contribution in [1.82, 2.24) is 0 Å². The summed E-state index contributed by atoms with van der Waals surface area (Å²) in [5.74, 6) is 0.702. The average Bonchev–Trinajstić information content (AvgIpc) is 2.29. The third kappa shape index (κ3) is 2.91. The van der Waals surface area contributed by atoms with E-state index < -0.39 is 0 Å². The first-order valence-electron chi connectivity index (χ1n) is 4.79. The highest BCUT2D eigenvalue weighted by Gasteiger charge is 2.02. The summed E-state index contributed by atoms with van der Waals surface area (Å²) in [5.41, 5.74) is 0.906. The second-order valence-electron chi connectivity index (χ2n) is 3.25. The zero-order chi connectivity index (χ0) is 11.4. The topological polar surface area (TPSA) is 9.23 Å². The van der Waals surface area contributed by atoms with Crippen LogP contribution in [-0.4, -0.2) is 0 Å².